The molecule has 0 N–H and O–H groups in total. The van der Waals surface area contributed by atoms with Gasteiger partial charge in [0.15, 0.2) is 11.5 Å². The number of ether oxygens (including phenoxy) is 1. The van der Waals surface area contributed by atoms with E-state index in [1.807, 2.05) is 6.92 Å². The number of nitrogens with zero attached hydrogens (tertiary/aromatic N) is 5. The lowest BCUT2D eigenvalue weighted by molar-refractivity contribution is -0.402. The summed E-state index contributed by atoms with van der Waals surface area (Å²) in [4.78, 5) is 9.96. The zero-order valence-electron chi connectivity index (χ0n) is 11.5. The van der Waals surface area contributed by atoms with Crippen LogP contribution in [0.25, 0.3) is 17.8 Å². The molecule has 0 bridgehead atoms. The minimum atomic E-state index is -0.597. The van der Waals surface area contributed by atoms with Gasteiger partial charge in [-0.2, -0.15) is 4.52 Å². The number of aromatic nitrogens is 4. The molecular weight excluding hydrogens is 290 g/mol. The Morgan fingerprint density at radius 3 is 2.91 bits per heavy atom. The van der Waals surface area contributed by atoms with Crippen molar-refractivity contribution in [2.75, 3.05) is 6.61 Å². The lowest BCUT2D eigenvalue weighted by atomic mass is 10.4. The van der Waals surface area contributed by atoms with E-state index in [0.717, 1.165) is 0 Å². The van der Waals surface area contributed by atoms with Crippen LogP contribution in [0.15, 0.2) is 28.7 Å². The second-order valence-corrected chi connectivity index (χ2v) is 4.20. The molecule has 0 fully saturated rings. The number of rotatable bonds is 5. The normalized spacial score (nSPS) is 11.3. The average Bonchev–Trinajstić information content (AvgIpc) is 3.12. The van der Waals surface area contributed by atoms with Crippen LogP contribution >= 0.6 is 0 Å². The molecule has 0 radical (unpaired) electrons. The van der Waals surface area contributed by atoms with E-state index in [2.05, 4.69) is 15.3 Å². The van der Waals surface area contributed by atoms with Crippen LogP contribution in [-0.4, -0.2) is 31.3 Å². The van der Waals surface area contributed by atoms with E-state index < -0.39 is 4.92 Å². The maximum absolute atomic E-state index is 10.6. The largest absolute Gasteiger partial charge is 0.477 e. The molecule has 3 heterocycles. The molecule has 3 aromatic rings. The van der Waals surface area contributed by atoms with Gasteiger partial charge in [0.1, 0.15) is 10.7 Å². The summed E-state index contributed by atoms with van der Waals surface area (Å²) in [7, 11) is 0. The first-order valence-corrected chi connectivity index (χ1v) is 6.45. The van der Waals surface area contributed by atoms with E-state index in [-0.39, 0.29) is 5.88 Å². The standard InChI is InChI=1S/C13H11N5O4/c1-2-21-12-7-6-11-15-14-10(17(11)16-12)5-3-9-4-8-13(22-9)18(19)20/h3-8H,2H2,1H3/b5-3+. The molecule has 9 nitrogen and oxygen atoms in total. The van der Waals surface area contributed by atoms with Gasteiger partial charge >= 0.3 is 5.88 Å². The van der Waals surface area contributed by atoms with E-state index in [1.165, 1.54) is 16.6 Å². The fraction of sp³-hybridized carbons (Fsp3) is 0.154. The zero-order valence-corrected chi connectivity index (χ0v) is 11.5. The van der Waals surface area contributed by atoms with Crippen LogP contribution in [0.3, 0.4) is 0 Å². The van der Waals surface area contributed by atoms with Gasteiger partial charge in [0.25, 0.3) is 0 Å². The molecule has 0 aliphatic rings. The Kier molecular flexibility index (Phi) is 3.52. The van der Waals surface area contributed by atoms with Gasteiger partial charge in [-0.1, -0.05) is 0 Å². The summed E-state index contributed by atoms with van der Waals surface area (Å²) in [5.41, 5.74) is 0.563. The summed E-state index contributed by atoms with van der Waals surface area (Å²) in [5.74, 6) is 0.931. The Hall–Kier alpha value is -3.23. The second-order valence-electron chi connectivity index (χ2n) is 4.20. The SMILES string of the molecule is CCOc1ccc2nnc(/C=C/c3ccc([N+](=O)[O-])o3)n2n1. The Morgan fingerprint density at radius 1 is 1.32 bits per heavy atom. The van der Waals surface area contributed by atoms with Crippen LogP contribution in [0.4, 0.5) is 5.88 Å². The van der Waals surface area contributed by atoms with Gasteiger partial charge in [-0.3, -0.25) is 10.1 Å². The maximum Gasteiger partial charge on any atom is 0.433 e. The molecule has 112 valence electrons. The van der Waals surface area contributed by atoms with Gasteiger partial charge in [0.05, 0.1) is 12.7 Å². The molecule has 22 heavy (non-hydrogen) atoms. The van der Waals surface area contributed by atoms with Crippen molar-refractivity contribution in [1.29, 1.82) is 0 Å². The highest BCUT2D eigenvalue weighted by molar-refractivity contribution is 5.65. The molecular formula is C13H11N5O4. The number of furan rings is 1. The third-order valence-corrected chi connectivity index (χ3v) is 2.74. The van der Waals surface area contributed by atoms with Crippen molar-refractivity contribution in [2.24, 2.45) is 0 Å². The molecule has 0 aromatic carbocycles. The molecule has 3 rings (SSSR count). The number of fused-ring (bicyclic) bond motifs is 1. The third kappa shape index (κ3) is 2.64. The van der Waals surface area contributed by atoms with Crippen molar-refractivity contribution in [2.45, 2.75) is 6.92 Å². The predicted molar refractivity (Wildman–Crippen MR) is 76.2 cm³/mol. The van der Waals surface area contributed by atoms with E-state index in [9.17, 15) is 10.1 Å². The van der Waals surface area contributed by atoms with E-state index in [1.54, 1.807) is 24.3 Å². The van der Waals surface area contributed by atoms with Gasteiger partial charge in [0.2, 0.25) is 5.88 Å². The lowest BCUT2D eigenvalue weighted by Gasteiger charge is -2.01. The van der Waals surface area contributed by atoms with Crippen molar-refractivity contribution in [3.63, 3.8) is 0 Å². The van der Waals surface area contributed by atoms with Crippen LogP contribution in [0.5, 0.6) is 5.88 Å². The Labute approximate surface area is 124 Å². The summed E-state index contributed by atoms with van der Waals surface area (Å²) in [6.45, 7) is 2.37. The molecule has 3 aromatic heterocycles. The summed E-state index contributed by atoms with van der Waals surface area (Å²) < 4.78 is 11.9. The first-order chi connectivity index (χ1) is 10.7. The monoisotopic (exact) mass is 301 g/mol. The first-order valence-electron chi connectivity index (χ1n) is 6.45. The molecule has 0 atom stereocenters. The Bertz CT molecular complexity index is 851. The molecule has 0 saturated carbocycles. The summed E-state index contributed by atoms with van der Waals surface area (Å²) in [6, 6.07) is 6.22. The van der Waals surface area contributed by atoms with E-state index in [4.69, 9.17) is 9.15 Å². The Balaban J connectivity index is 1.90. The summed E-state index contributed by atoms with van der Waals surface area (Å²) >= 11 is 0. The lowest BCUT2D eigenvalue weighted by Crippen LogP contribution is -2.00. The molecule has 9 heteroatoms. The molecule has 0 saturated heterocycles. The minimum Gasteiger partial charge on any atom is -0.477 e. The highest BCUT2D eigenvalue weighted by Gasteiger charge is 2.10. The highest BCUT2D eigenvalue weighted by atomic mass is 16.6. The second kappa shape index (κ2) is 5.64. The molecule has 0 unspecified atom stereocenters. The van der Waals surface area contributed by atoms with Crippen molar-refractivity contribution in [3.05, 3.63) is 46.0 Å². The van der Waals surface area contributed by atoms with Gasteiger partial charge in [-0.05, 0) is 31.2 Å². The van der Waals surface area contributed by atoms with Crippen molar-refractivity contribution < 1.29 is 14.1 Å². The number of hydrogen-bond acceptors (Lipinski definition) is 7. The topological polar surface area (TPSA) is 109 Å². The van der Waals surface area contributed by atoms with E-state index in [0.29, 0.717) is 29.7 Å². The van der Waals surface area contributed by atoms with Crippen LogP contribution in [-0.2, 0) is 0 Å². The highest BCUT2D eigenvalue weighted by Crippen LogP contribution is 2.18. The number of hydrogen-bond donors (Lipinski definition) is 0. The molecule has 0 amide bonds. The van der Waals surface area contributed by atoms with Gasteiger partial charge in [-0.25, -0.2) is 0 Å². The fourth-order valence-corrected chi connectivity index (χ4v) is 1.80. The zero-order chi connectivity index (χ0) is 15.5. The van der Waals surface area contributed by atoms with Crippen LogP contribution in [0, 0.1) is 10.1 Å². The van der Waals surface area contributed by atoms with Gasteiger partial charge in [0, 0.05) is 6.07 Å². The fourth-order valence-electron chi connectivity index (χ4n) is 1.80. The molecule has 0 aliphatic carbocycles. The smallest absolute Gasteiger partial charge is 0.433 e. The van der Waals surface area contributed by atoms with Gasteiger partial charge < -0.3 is 9.15 Å². The van der Waals surface area contributed by atoms with Crippen LogP contribution in [0.1, 0.15) is 18.5 Å². The van der Waals surface area contributed by atoms with Crippen molar-refractivity contribution in [1.82, 2.24) is 19.8 Å². The minimum absolute atomic E-state index is 0.317. The number of nitro groups is 1. The molecule has 0 aliphatic heterocycles. The Morgan fingerprint density at radius 2 is 2.18 bits per heavy atom. The summed E-state index contributed by atoms with van der Waals surface area (Å²) in [5, 5.41) is 22.8. The predicted octanol–water partition coefficient (Wildman–Crippen LogP) is 2.19. The first kappa shape index (κ1) is 13.7. The molecule has 0 spiro atoms. The van der Waals surface area contributed by atoms with Crippen LogP contribution < -0.4 is 4.74 Å². The summed E-state index contributed by atoms with van der Waals surface area (Å²) in [6.07, 6.45) is 3.16. The maximum atomic E-state index is 10.6. The van der Waals surface area contributed by atoms with Gasteiger partial charge in [-0.15, -0.1) is 15.3 Å². The van der Waals surface area contributed by atoms with Crippen molar-refractivity contribution in [3.8, 4) is 5.88 Å². The average molecular weight is 301 g/mol. The van der Waals surface area contributed by atoms with E-state index >= 15 is 0 Å². The quantitative estimate of drug-likeness (QED) is 0.525. The third-order valence-electron chi connectivity index (χ3n) is 2.74. The van der Waals surface area contributed by atoms with Crippen LogP contribution in [0.2, 0.25) is 0 Å². The van der Waals surface area contributed by atoms with Crippen molar-refractivity contribution >= 4 is 23.7 Å².